The van der Waals surface area contributed by atoms with Gasteiger partial charge in [0.05, 0.1) is 0 Å². The molecule has 0 aliphatic rings. The Balaban J connectivity index is 2.38. The maximum Gasteiger partial charge on any atom is 0.00989 e. The van der Waals surface area contributed by atoms with E-state index in [1.807, 2.05) is 0 Å². The van der Waals surface area contributed by atoms with Gasteiger partial charge < -0.3 is 0 Å². The Morgan fingerprint density at radius 3 is 2.67 bits per heavy atom. The molecule has 0 fully saturated rings. The van der Waals surface area contributed by atoms with Gasteiger partial charge in [0.1, 0.15) is 0 Å². The molecular weight excluding hydrogens is 180 g/mol. The molecule has 0 aliphatic heterocycles. The molecule has 0 aromatic heterocycles. The second kappa shape index (κ2) is 6.30. The van der Waals surface area contributed by atoms with E-state index in [1.165, 1.54) is 36.0 Å². The zero-order chi connectivity index (χ0) is 11.1. The van der Waals surface area contributed by atoms with E-state index in [1.54, 1.807) is 0 Å². The minimum absolute atomic E-state index is 0.812. The summed E-state index contributed by atoms with van der Waals surface area (Å²) in [6.07, 6.45) is 12.3. The van der Waals surface area contributed by atoms with Crippen LogP contribution >= 0.6 is 0 Å². The Bertz CT molecular complexity index is 342. The first-order valence-corrected chi connectivity index (χ1v) is 5.70. The van der Waals surface area contributed by atoms with E-state index in [9.17, 15) is 0 Å². The Morgan fingerprint density at radius 1 is 1.13 bits per heavy atom. The van der Waals surface area contributed by atoms with Crippen LogP contribution in [0, 0.1) is 26.2 Å². The molecule has 0 amide bonds. The first-order valence-electron chi connectivity index (χ1n) is 5.70. The van der Waals surface area contributed by atoms with Crippen LogP contribution in [0.1, 0.15) is 42.4 Å². The molecule has 0 bridgehead atoms. The van der Waals surface area contributed by atoms with Crippen molar-refractivity contribution < 1.29 is 0 Å². The standard InChI is InChI=1S/C15H19/c1-4-5-6-7-8-11-15-12-9-10-13(2)14(15)3/h9-10,12H,5-8,11H2,2-3H3. The summed E-state index contributed by atoms with van der Waals surface area (Å²) in [4.78, 5) is 0. The van der Waals surface area contributed by atoms with E-state index < -0.39 is 0 Å². The van der Waals surface area contributed by atoms with E-state index in [0.29, 0.717) is 0 Å². The number of hydrogen-bond donors (Lipinski definition) is 0. The third kappa shape index (κ3) is 3.80. The fourth-order valence-corrected chi connectivity index (χ4v) is 1.79. The van der Waals surface area contributed by atoms with Crippen molar-refractivity contribution in [2.24, 2.45) is 0 Å². The molecule has 0 heterocycles. The number of benzene rings is 1. The Hall–Kier alpha value is -1.22. The highest BCUT2D eigenvalue weighted by molar-refractivity contribution is 5.33. The molecule has 0 saturated heterocycles. The summed E-state index contributed by atoms with van der Waals surface area (Å²) in [5, 5.41) is 0. The van der Waals surface area contributed by atoms with Crippen LogP contribution in [0.4, 0.5) is 0 Å². The van der Waals surface area contributed by atoms with Crippen LogP contribution in [0.3, 0.4) is 0 Å². The van der Waals surface area contributed by atoms with Crippen molar-refractivity contribution in [3.63, 3.8) is 0 Å². The maximum absolute atomic E-state index is 6.81. The van der Waals surface area contributed by atoms with E-state index >= 15 is 0 Å². The lowest BCUT2D eigenvalue weighted by Gasteiger charge is -2.07. The highest BCUT2D eigenvalue weighted by Crippen LogP contribution is 2.15. The van der Waals surface area contributed by atoms with Crippen LogP contribution in [-0.2, 0) is 6.42 Å². The summed E-state index contributed by atoms with van der Waals surface area (Å²) in [6, 6.07) is 6.54. The van der Waals surface area contributed by atoms with Crippen LogP contribution in [0.25, 0.3) is 0 Å². The highest BCUT2D eigenvalue weighted by Gasteiger charge is 1.99. The van der Waals surface area contributed by atoms with Gasteiger partial charge in [0.2, 0.25) is 0 Å². The van der Waals surface area contributed by atoms with Crippen molar-refractivity contribution in [3.05, 3.63) is 41.3 Å². The summed E-state index contributed by atoms with van der Waals surface area (Å²) in [5.74, 6) is 2.44. The lowest BCUT2D eigenvalue weighted by atomic mass is 9.98. The average Bonchev–Trinajstić information content (AvgIpc) is 2.24. The van der Waals surface area contributed by atoms with E-state index in [2.05, 4.69) is 38.0 Å². The molecule has 79 valence electrons. The molecule has 0 saturated carbocycles. The molecule has 1 rings (SSSR count). The van der Waals surface area contributed by atoms with Crippen molar-refractivity contribution in [1.29, 1.82) is 0 Å². The molecule has 0 nitrogen and oxygen atoms in total. The summed E-state index contributed by atoms with van der Waals surface area (Å²) in [5.41, 5.74) is 4.31. The number of unbranched alkanes of at least 4 members (excludes halogenated alkanes) is 3. The third-order valence-corrected chi connectivity index (χ3v) is 2.96. The van der Waals surface area contributed by atoms with E-state index in [4.69, 9.17) is 6.42 Å². The fourth-order valence-electron chi connectivity index (χ4n) is 1.79. The van der Waals surface area contributed by atoms with Gasteiger partial charge in [-0.3, -0.25) is 0 Å². The zero-order valence-corrected chi connectivity index (χ0v) is 9.77. The predicted octanol–water partition coefficient (Wildman–Crippen LogP) is 4.00. The average molecular weight is 199 g/mol. The van der Waals surface area contributed by atoms with Gasteiger partial charge in [0.25, 0.3) is 0 Å². The van der Waals surface area contributed by atoms with Gasteiger partial charge in [-0.2, -0.15) is 0 Å². The molecular formula is C15H19. The van der Waals surface area contributed by atoms with Crippen LogP contribution in [0.15, 0.2) is 18.2 Å². The fraction of sp³-hybridized carbons (Fsp3) is 0.467. The Morgan fingerprint density at radius 2 is 1.93 bits per heavy atom. The summed E-state index contributed by atoms with van der Waals surface area (Å²) < 4.78 is 0. The Labute approximate surface area is 93.7 Å². The van der Waals surface area contributed by atoms with Crippen LogP contribution in [0.2, 0.25) is 0 Å². The maximum atomic E-state index is 6.81. The van der Waals surface area contributed by atoms with Crippen LogP contribution < -0.4 is 0 Å². The van der Waals surface area contributed by atoms with Crippen molar-refractivity contribution in [1.82, 2.24) is 0 Å². The first kappa shape index (κ1) is 11.9. The molecule has 0 N–H and O–H groups in total. The van der Waals surface area contributed by atoms with Crippen LogP contribution in [0.5, 0.6) is 0 Å². The van der Waals surface area contributed by atoms with Crippen molar-refractivity contribution in [3.8, 4) is 5.92 Å². The highest BCUT2D eigenvalue weighted by atomic mass is 14.0. The quantitative estimate of drug-likeness (QED) is 0.497. The minimum atomic E-state index is 0.812. The van der Waals surface area contributed by atoms with Gasteiger partial charge in [-0.15, -0.1) is 0 Å². The lowest BCUT2D eigenvalue weighted by Crippen LogP contribution is -1.92. The molecule has 1 aromatic carbocycles. The van der Waals surface area contributed by atoms with Crippen molar-refractivity contribution in [2.45, 2.75) is 46.0 Å². The molecule has 1 radical (unpaired) electrons. The molecule has 0 unspecified atom stereocenters. The Kier molecular flexibility index (Phi) is 4.98. The van der Waals surface area contributed by atoms with Crippen molar-refractivity contribution >= 4 is 0 Å². The van der Waals surface area contributed by atoms with Gasteiger partial charge in [-0.05, 0) is 56.2 Å². The summed E-state index contributed by atoms with van der Waals surface area (Å²) in [7, 11) is 0. The second-order valence-corrected chi connectivity index (χ2v) is 4.10. The van der Waals surface area contributed by atoms with Gasteiger partial charge >= 0.3 is 0 Å². The number of rotatable bonds is 5. The topological polar surface area (TPSA) is 0 Å². The van der Waals surface area contributed by atoms with Gasteiger partial charge in [-0.25, -0.2) is 0 Å². The SMILES string of the molecule is [C]#CCCCCCc1cccc(C)c1C. The van der Waals surface area contributed by atoms with Gasteiger partial charge in [0, 0.05) is 6.42 Å². The predicted molar refractivity (Wildman–Crippen MR) is 65.2 cm³/mol. The van der Waals surface area contributed by atoms with Gasteiger partial charge in [-0.1, -0.05) is 30.5 Å². The number of hydrogen-bond acceptors (Lipinski definition) is 0. The third-order valence-electron chi connectivity index (χ3n) is 2.96. The minimum Gasteiger partial charge on any atom is -0.0891 e. The summed E-state index contributed by atoms with van der Waals surface area (Å²) >= 11 is 0. The molecule has 0 spiro atoms. The zero-order valence-electron chi connectivity index (χ0n) is 9.77. The lowest BCUT2D eigenvalue weighted by molar-refractivity contribution is 0.690. The molecule has 0 heteroatoms. The smallest absolute Gasteiger partial charge is 0.00989 e. The number of aryl methyl sites for hydroxylation is 2. The molecule has 0 atom stereocenters. The molecule has 0 aliphatic carbocycles. The van der Waals surface area contributed by atoms with Gasteiger partial charge in [0.15, 0.2) is 0 Å². The molecule has 1 aromatic rings. The van der Waals surface area contributed by atoms with E-state index in [-0.39, 0.29) is 0 Å². The monoisotopic (exact) mass is 199 g/mol. The first-order chi connectivity index (χ1) is 7.25. The summed E-state index contributed by atoms with van der Waals surface area (Å²) in [6.45, 7) is 4.37. The van der Waals surface area contributed by atoms with Crippen LogP contribution in [-0.4, -0.2) is 0 Å². The normalized spacial score (nSPS) is 9.93. The largest absolute Gasteiger partial charge is 0.0891 e. The second-order valence-electron chi connectivity index (χ2n) is 4.10. The molecule has 15 heavy (non-hydrogen) atoms. The van der Waals surface area contributed by atoms with E-state index in [0.717, 1.165) is 12.8 Å². The van der Waals surface area contributed by atoms with Crippen molar-refractivity contribution in [2.75, 3.05) is 0 Å².